The highest BCUT2D eigenvalue weighted by Crippen LogP contribution is 2.35. The molecule has 0 saturated heterocycles. The Balaban J connectivity index is 1.39. The zero-order chi connectivity index (χ0) is 24.2. The molecule has 0 spiro atoms. The zero-order valence-corrected chi connectivity index (χ0v) is 19.8. The molecule has 1 aromatic heterocycles. The number of carbonyl (C=O) groups is 2. The molecule has 2 aromatic carbocycles. The monoisotopic (exact) mass is 501 g/mol. The lowest BCUT2D eigenvalue weighted by molar-refractivity contribution is -0.385. The number of carbonyl (C=O) groups excluding carboxylic acids is 2. The first-order valence-electron chi connectivity index (χ1n) is 9.92. The van der Waals surface area contributed by atoms with E-state index in [0.29, 0.717) is 17.4 Å². The molecule has 3 aromatic rings. The molecule has 1 N–H and O–H groups in total. The van der Waals surface area contributed by atoms with Gasteiger partial charge in [-0.15, -0.1) is 10.2 Å². The van der Waals surface area contributed by atoms with Crippen LogP contribution in [0.1, 0.15) is 21.5 Å². The molecule has 0 saturated carbocycles. The predicted octanol–water partition coefficient (Wildman–Crippen LogP) is 3.35. The number of thioether (sulfide) groups is 1. The maximum Gasteiger partial charge on any atom is 0.286 e. The van der Waals surface area contributed by atoms with E-state index < -0.39 is 16.5 Å². The molecule has 2 heterocycles. The molecular weight excluding hydrogens is 482 g/mol. The van der Waals surface area contributed by atoms with Gasteiger partial charge in [-0.05, 0) is 11.1 Å². The molecule has 13 heteroatoms. The molecule has 0 unspecified atom stereocenters. The lowest BCUT2D eigenvalue weighted by atomic mass is 10.1. The quantitative estimate of drug-likeness (QED) is 0.213. The highest BCUT2D eigenvalue weighted by molar-refractivity contribution is 8.01. The first kappa shape index (κ1) is 23.4. The number of hydrogen-bond donors (Lipinski definition) is 1. The fourth-order valence-corrected chi connectivity index (χ4v) is 5.06. The average Bonchev–Trinajstić information content (AvgIpc) is 3.48. The molecule has 0 bridgehead atoms. The third-order valence-corrected chi connectivity index (χ3v) is 7.04. The van der Waals surface area contributed by atoms with Crippen molar-refractivity contribution in [3.05, 3.63) is 63.2 Å². The third kappa shape index (κ3) is 4.94. The number of fused-ring (bicyclic) bond motifs is 1. The number of anilines is 1. The Hall–Kier alpha value is -3.71. The Bertz CT molecular complexity index is 1240. The summed E-state index contributed by atoms with van der Waals surface area (Å²) in [6, 6.07) is 10.3. The van der Waals surface area contributed by atoms with E-state index in [1.54, 1.807) is 4.90 Å². The van der Waals surface area contributed by atoms with Crippen molar-refractivity contribution < 1.29 is 24.0 Å². The summed E-state index contributed by atoms with van der Waals surface area (Å²) in [7, 11) is 2.71. The van der Waals surface area contributed by atoms with Gasteiger partial charge in [0.15, 0.2) is 15.8 Å². The second-order valence-corrected chi connectivity index (χ2v) is 9.32. The van der Waals surface area contributed by atoms with Crippen molar-refractivity contribution >= 4 is 45.7 Å². The highest BCUT2D eigenvalue weighted by atomic mass is 32.2. The summed E-state index contributed by atoms with van der Waals surface area (Å²) >= 11 is 2.29. The van der Waals surface area contributed by atoms with Gasteiger partial charge in [0.1, 0.15) is 5.56 Å². The number of benzene rings is 2. The van der Waals surface area contributed by atoms with Crippen LogP contribution in [0.4, 0.5) is 10.8 Å². The van der Waals surface area contributed by atoms with Crippen LogP contribution >= 0.6 is 23.1 Å². The predicted molar refractivity (Wildman–Crippen MR) is 125 cm³/mol. The van der Waals surface area contributed by atoms with Gasteiger partial charge < -0.3 is 14.4 Å². The molecule has 34 heavy (non-hydrogen) atoms. The van der Waals surface area contributed by atoms with Crippen LogP contribution in [0.15, 0.2) is 40.7 Å². The van der Waals surface area contributed by atoms with E-state index in [1.807, 2.05) is 24.3 Å². The third-order valence-electron chi connectivity index (χ3n) is 5.08. The van der Waals surface area contributed by atoms with Crippen molar-refractivity contribution in [2.45, 2.75) is 17.4 Å². The van der Waals surface area contributed by atoms with Gasteiger partial charge in [0.2, 0.25) is 11.0 Å². The molecule has 2 amide bonds. The number of nitrogens with zero attached hydrogens (tertiary/aromatic N) is 4. The minimum atomic E-state index is -0.744. The maximum atomic E-state index is 12.7. The number of nitro groups is 1. The van der Waals surface area contributed by atoms with E-state index >= 15 is 0 Å². The summed E-state index contributed by atoms with van der Waals surface area (Å²) < 4.78 is 10.7. The molecule has 176 valence electrons. The van der Waals surface area contributed by atoms with Crippen molar-refractivity contribution in [3.63, 3.8) is 0 Å². The van der Waals surface area contributed by atoms with Crippen molar-refractivity contribution in [1.29, 1.82) is 0 Å². The molecule has 0 radical (unpaired) electrons. The number of rotatable bonds is 8. The van der Waals surface area contributed by atoms with Gasteiger partial charge in [-0.2, -0.15) is 0 Å². The summed E-state index contributed by atoms with van der Waals surface area (Å²) in [6.07, 6.45) is 0. The van der Waals surface area contributed by atoms with Gasteiger partial charge in [0.05, 0.1) is 31.0 Å². The Kier molecular flexibility index (Phi) is 6.93. The lowest BCUT2D eigenvalue weighted by Gasteiger charge is -2.14. The molecule has 11 nitrogen and oxygen atoms in total. The molecule has 0 atom stereocenters. The summed E-state index contributed by atoms with van der Waals surface area (Å²) in [6.45, 7) is 1.16. The number of methoxy groups -OCH3 is 2. The van der Waals surface area contributed by atoms with Crippen LogP contribution < -0.4 is 14.8 Å². The minimum absolute atomic E-state index is 0.0251. The SMILES string of the molecule is COc1cc(C(=O)Nc2nnc(SCC(=O)N3Cc4ccccc4C3)s2)c([N+](=O)[O-])cc1OC. The Morgan fingerprint density at radius 3 is 2.41 bits per heavy atom. The zero-order valence-electron chi connectivity index (χ0n) is 18.1. The number of ether oxygens (including phenoxy) is 2. The first-order valence-corrected chi connectivity index (χ1v) is 11.7. The topological polar surface area (TPSA) is 137 Å². The van der Waals surface area contributed by atoms with Gasteiger partial charge in [-0.1, -0.05) is 47.4 Å². The molecule has 0 fully saturated rings. The Morgan fingerprint density at radius 2 is 1.79 bits per heavy atom. The summed E-state index contributed by atoms with van der Waals surface area (Å²) in [5, 5.41) is 22.0. The van der Waals surface area contributed by atoms with Gasteiger partial charge in [0.25, 0.3) is 11.6 Å². The molecule has 0 aliphatic carbocycles. The normalized spacial score (nSPS) is 12.2. The van der Waals surface area contributed by atoms with Crippen LogP contribution in [0, 0.1) is 10.1 Å². The molecular formula is C21H19N5O6S2. The van der Waals surface area contributed by atoms with Gasteiger partial charge >= 0.3 is 0 Å². The van der Waals surface area contributed by atoms with E-state index in [4.69, 9.17) is 9.47 Å². The lowest BCUT2D eigenvalue weighted by Crippen LogP contribution is -2.26. The van der Waals surface area contributed by atoms with Crippen molar-refractivity contribution in [2.75, 3.05) is 25.3 Å². The van der Waals surface area contributed by atoms with Gasteiger partial charge in [-0.25, -0.2) is 0 Å². The number of aromatic nitrogens is 2. The highest BCUT2D eigenvalue weighted by Gasteiger charge is 2.26. The van der Waals surface area contributed by atoms with Crippen molar-refractivity contribution in [2.24, 2.45) is 0 Å². The van der Waals surface area contributed by atoms with E-state index in [-0.39, 0.29) is 33.9 Å². The van der Waals surface area contributed by atoms with Crippen molar-refractivity contribution in [1.82, 2.24) is 15.1 Å². The summed E-state index contributed by atoms with van der Waals surface area (Å²) in [5.41, 5.74) is 1.64. The number of amides is 2. The van der Waals surface area contributed by atoms with E-state index in [2.05, 4.69) is 15.5 Å². The standard InChI is InChI=1S/C21H19N5O6S2/c1-31-16-7-14(15(26(29)30)8-17(16)32-2)19(28)22-20-23-24-21(34-20)33-11-18(27)25-9-12-5-3-4-6-13(12)10-25/h3-8H,9-11H2,1-2H3,(H,22,23,28). The molecule has 4 rings (SSSR count). The van der Waals surface area contributed by atoms with Crippen LogP contribution in [0.25, 0.3) is 0 Å². The van der Waals surface area contributed by atoms with Gasteiger partial charge in [0, 0.05) is 19.2 Å². The smallest absolute Gasteiger partial charge is 0.286 e. The molecule has 1 aliphatic heterocycles. The fourth-order valence-electron chi connectivity index (χ4n) is 3.41. The van der Waals surface area contributed by atoms with Gasteiger partial charge in [-0.3, -0.25) is 25.0 Å². The number of nitrogens with one attached hydrogen (secondary N) is 1. The fraction of sp³-hybridized carbons (Fsp3) is 0.238. The maximum absolute atomic E-state index is 12.7. The average molecular weight is 502 g/mol. The number of hydrogen-bond acceptors (Lipinski definition) is 10. The molecule has 1 aliphatic rings. The van der Waals surface area contributed by atoms with Crippen LogP contribution in [0.5, 0.6) is 11.5 Å². The van der Waals surface area contributed by atoms with E-state index in [9.17, 15) is 19.7 Å². The van der Waals surface area contributed by atoms with Crippen LogP contribution in [0.2, 0.25) is 0 Å². The second-order valence-electron chi connectivity index (χ2n) is 7.12. The van der Waals surface area contributed by atoms with E-state index in [1.165, 1.54) is 32.0 Å². The largest absolute Gasteiger partial charge is 0.493 e. The second kappa shape index (κ2) is 10.1. The van der Waals surface area contributed by atoms with Crippen LogP contribution in [0.3, 0.4) is 0 Å². The van der Waals surface area contributed by atoms with E-state index in [0.717, 1.165) is 28.5 Å². The summed E-state index contributed by atoms with van der Waals surface area (Å²) in [4.78, 5) is 37.8. The van der Waals surface area contributed by atoms with Crippen molar-refractivity contribution in [3.8, 4) is 11.5 Å². The Labute approximate surface area is 202 Å². The Morgan fingerprint density at radius 1 is 1.15 bits per heavy atom. The number of nitro benzene ring substituents is 1. The van der Waals surface area contributed by atoms with Crippen LogP contribution in [-0.2, 0) is 17.9 Å². The van der Waals surface area contributed by atoms with Crippen LogP contribution in [-0.4, -0.2) is 51.8 Å². The minimum Gasteiger partial charge on any atom is -0.493 e. The summed E-state index contributed by atoms with van der Waals surface area (Å²) in [5.74, 6) is -0.285. The first-order chi connectivity index (χ1) is 16.4.